The Morgan fingerprint density at radius 1 is 1.50 bits per heavy atom. The van der Waals surface area contributed by atoms with E-state index in [4.69, 9.17) is 21.1 Å². The van der Waals surface area contributed by atoms with Crippen LogP contribution in [-0.2, 0) is 4.74 Å². The van der Waals surface area contributed by atoms with Crippen LogP contribution in [0.15, 0.2) is 12.1 Å². The summed E-state index contributed by atoms with van der Waals surface area (Å²) < 4.78 is 14.7. The molecular weight excluding hydrogens is 208 g/mol. The summed E-state index contributed by atoms with van der Waals surface area (Å²) in [6.45, 7) is 0.125. The number of hydrogen-bond donors (Lipinski definition) is 0. The van der Waals surface area contributed by atoms with Crippen LogP contribution in [0.2, 0.25) is 5.02 Å². The van der Waals surface area contributed by atoms with E-state index in [1.807, 2.05) is 0 Å². The lowest BCUT2D eigenvalue weighted by atomic mass is 10.2. The van der Waals surface area contributed by atoms with E-state index < -0.39 is 5.97 Å². The first-order valence-electron chi connectivity index (χ1n) is 3.90. The second-order valence-corrected chi connectivity index (χ2v) is 3.03. The molecule has 14 heavy (non-hydrogen) atoms. The normalized spacial score (nSPS) is 12.7. The highest BCUT2D eigenvalue weighted by molar-refractivity contribution is 6.35. The quantitative estimate of drug-likeness (QED) is 0.670. The third-order valence-corrected chi connectivity index (χ3v) is 2.26. The van der Waals surface area contributed by atoms with Gasteiger partial charge in [-0.05, 0) is 12.1 Å². The zero-order valence-corrected chi connectivity index (χ0v) is 8.13. The fourth-order valence-corrected chi connectivity index (χ4v) is 1.49. The fourth-order valence-electron chi connectivity index (χ4n) is 1.21. The number of esters is 1. The van der Waals surface area contributed by atoms with Crippen LogP contribution >= 0.6 is 11.6 Å². The Labute approximate surface area is 85.3 Å². The molecule has 0 fully saturated rings. The molecule has 0 bridgehead atoms. The van der Waals surface area contributed by atoms with Gasteiger partial charge in [0, 0.05) is 0 Å². The van der Waals surface area contributed by atoms with Crippen LogP contribution in [0.25, 0.3) is 0 Å². The Bertz CT molecular complexity index is 389. The number of benzene rings is 1. The molecule has 4 nitrogen and oxygen atoms in total. The van der Waals surface area contributed by atoms with E-state index in [1.54, 1.807) is 12.1 Å². The number of carbonyl (C=O) groups is 1. The molecule has 0 saturated heterocycles. The first kappa shape index (κ1) is 9.15. The third-order valence-electron chi connectivity index (χ3n) is 1.88. The maximum atomic E-state index is 11.2. The van der Waals surface area contributed by atoms with Crippen LogP contribution < -0.4 is 9.47 Å². The first-order chi connectivity index (χ1) is 6.74. The molecule has 0 atom stereocenters. The molecule has 0 N–H and O–H groups in total. The van der Waals surface area contributed by atoms with Crippen molar-refractivity contribution in [2.45, 2.75) is 0 Å². The summed E-state index contributed by atoms with van der Waals surface area (Å²) in [6, 6.07) is 3.17. The van der Waals surface area contributed by atoms with Gasteiger partial charge < -0.3 is 14.2 Å². The SMILES string of the molecule is COC(=O)c1ccc2c(c1Cl)OCO2. The molecular formula is C9H7ClO4. The van der Waals surface area contributed by atoms with Crippen molar-refractivity contribution in [3.8, 4) is 11.5 Å². The van der Waals surface area contributed by atoms with Crippen LogP contribution in [-0.4, -0.2) is 19.9 Å². The highest BCUT2D eigenvalue weighted by Gasteiger charge is 2.22. The number of fused-ring (bicyclic) bond motifs is 1. The number of carbonyl (C=O) groups excluding carboxylic acids is 1. The van der Waals surface area contributed by atoms with Gasteiger partial charge in [0.25, 0.3) is 0 Å². The minimum atomic E-state index is -0.492. The second kappa shape index (κ2) is 3.38. The lowest BCUT2D eigenvalue weighted by Crippen LogP contribution is -2.02. The average Bonchev–Trinajstić information content (AvgIpc) is 2.66. The topological polar surface area (TPSA) is 44.8 Å². The molecule has 1 aromatic rings. The summed E-state index contributed by atoms with van der Waals surface area (Å²) >= 11 is 5.92. The predicted octanol–water partition coefficient (Wildman–Crippen LogP) is 1.86. The van der Waals surface area contributed by atoms with E-state index in [9.17, 15) is 4.79 Å². The average molecular weight is 215 g/mol. The summed E-state index contributed by atoms with van der Waals surface area (Å²) in [6.07, 6.45) is 0. The molecule has 74 valence electrons. The van der Waals surface area contributed by atoms with Gasteiger partial charge in [-0.25, -0.2) is 4.79 Å². The molecule has 0 unspecified atom stereocenters. The standard InChI is InChI=1S/C9H7ClO4/c1-12-9(11)5-2-3-6-8(7(5)10)14-4-13-6/h2-3H,4H2,1H3. The van der Waals surface area contributed by atoms with Gasteiger partial charge in [0.2, 0.25) is 6.79 Å². The molecule has 0 amide bonds. The van der Waals surface area contributed by atoms with Crippen LogP contribution in [0.1, 0.15) is 10.4 Å². The molecule has 2 rings (SSSR count). The minimum absolute atomic E-state index is 0.125. The minimum Gasteiger partial charge on any atom is -0.465 e. The largest absolute Gasteiger partial charge is 0.465 e. The van der Waals surface area contributed by atoms with Gasteiger partial charge in [-0.15, -0.1) is 0 Å². The Morgan fingerprint density at radius 3 is 3.00 bits per heavy atom. The second-order valence-electron chi connectivity index (χ2n) is 2.65. The maximum absolute atomic E-state index is 11.2. The van der Waals surface area contributed by atoms with Crippen LogP contribution in [0, 0.1) is 0 Å². The monoisotopic (exact) mass is 214 g/mol. The van der Waals surface area contributed by atoms with E-state index in [0.717, 1.165) is 0 Å². The Hall–Kier alpha value is -1.42. The van der Waals surface area contributed by atoms with Crippen molar-refractivity contribution in [1.82, 2.24) is 0 Å². The van der Waals surface area contributed by atoms with E-state index in [0.29, 0.717) is 11.5 Å². The summed E-state index contributed by atoms with van der Waals surface area (Å²) in [4.78, 5) is 11.2. The zero-order chi connectivity index (χ0) is 10.1. The van der Waals surface area contributed by atoms with Crippen molar-refractivity contribution in [1.29, 1.82) is 0 Å². The molecule has 0 aliphatic carbocycles. The van der Waals surface area contributed by atoms with Gasteiger partial charge >= 0.3 is 5.97 Å². The van der Waals surface area contributed by atoms with Crippen molar-refractivity contribution in [2.75, 3.05) is 13.9 Å². The van der Waals surface area contributed by atoms with E-state index >= 15 is 0 Å². The molecule has 1 heterocycles. The van der Waals surface area contributed by atoms with Crippen molar-refractivity contribution in [3.63, 3.8) is 0 Å². The van der Waals surface area contributed by atoms with Crippen LogP contribution in [0.4, 0.5) is 0 Å². The number of hydrogen-bond acceptors (Lipinski definition) is 4. The first-order valence-corrected chi connectivity index (χ1v) is 4.28. The molecule has 0 spiro atoms. The number of methoxy groups -OCH3 is 1. The zero-order valence-electron chi connectivity index (χ0n) is 7.37. The van der Waals surface area contributed by atoms with Gasteiger partial charge in [0.15, 0.2) is 11.5 Å². The molecule has 1 aliphatic rings. The van der Waals surface area contributed by atoms with Crippen molar-refractivity contribution in [3.05, 3.63) is 22.7 Å². The van der Waals surface area contributed by atoms with Gasteiger partial charge in [-0.2, -0.15) is 0 Å². The van der Waals surface area contributed by atoms with Crippen molar-refractivity contribution < 1.29 is 19.0 Å². The molecule has 1 aliphatic heterocycles. The Kier molecular flexibility index (Phi) is 2.21. The summed E-state index contributed by atoms with van der Waals surface area (Å²) in [7, 11) is 1.29. The highest BCUT2D eigenvalue weighted by atomic mass is 35.5. The lowest BCUT2D eigenvalue weighted by Gasteiger charge is -2.04. The predicted molar refractivity (Wildman–Crippen MR) is 48.9 cm³/mol. The summed E-state index contributed by atoms with van der Waals surface area (Å²) in [5, 5.41) is 0.229. The van der Waals surface area contributed by atoms with Gasteiger partial charge in [-0.1, -0.05) is 11.6 Å². The summed E-state index contributed by atoms with van der Waals surface area (Å²) in [5.74, 6) is 0.450. The maximum Gasteiger partial charge on any atom is 0.339 e. The fraction of sp³-hybridized carbons (Fsp3) is 0.222. The molecule has 0 saturated carbocycles. The Morgan fingerprint density at radius 2 is 2.29 bits per heavy atom. The number of halogens is 1. The highest BCUT2D eigenvalue weighted by Crippen LogP contribution is 2.40. The lowest BCUT2D eigenvalue weighted by molar-refractivity contribution is 0.0600. The molecule has 5 heteroatoms. The van der Waals surface area contributed by atoms with E-state index in [-0.39, 0.29) is 17.4 Å². The van der Waals surface area contributed by atoms with E-state index in [1.165, 1.54) is 7.11 Å². The van der Waals surface area contributed by atoms with Crippen molar-refractivity contribution in [2.24, 2.45) is 0 Å². The van der Waals surface area contributed by atoms with Gasteiger partial charge in [-0.3, -0.25) is 0 Å². The third kappa shape index (κ3) is 1.28. The van der Waals surface area contributed by atoms with Gasteiger partial charge in [0.05, 0.1) is 12.7 Å². The Balaban J connectivity index is 2.50. The molecule has 1 aromatic carbocycles. The van der Waals surface area contributed by atoms with E-state index in [2.05, 4.69) is 4.74 Å². The van der Waals surface area contributed by atoms with Crippen LogP contribution in [0.3, 0.4) is 0 Å². The van der Waals surface area contributed by atoms with Crippen molar-refractivity contribution >= 4 is 17.6 Å². The van der Waals surface area contributed by atoms with Crippen LogP contribution in [0.5, 0.6) is 11.5 Å². The smallest absolute Gasteiger partial charge is 0.339 e. The molecule has 0 radical (unpaired) electrons. The number of rotatable bonds is 1. The number of ether oxygens (including phenoxy) is 3. The summed E-state index contributed by atoms with van der Waals surface area (Å²) in [5.41, 5.74) is 0.276. The molecule has 0 aromatic heterocycles. The van der Waals surface area contributed by atoms with Gasteiger partial charge in [0.1, 0.15) is 5.02 Å².